The van der Waals surface area contributed by atoms with Gasteiger partial charge in [-0.2, -0.15) is 0 Å². The molecular weight excluding hydrogens is 316 g/mol. The Morgan fingerprint density at radius 3 is 2.74 bits per heavy atom. The fourth-order valence-electron chi connectivity index (χ4n) is 2.58. The highest BCUT2D eigenvalue weighted by Gasteiger charge is 2.24. The normalized spacial score (nSPS) is 21.3. The van der Waals surface area contributed by atoms with E-state index in [4.69, 9.17) is 16.3 Å². The summed E-state index contributed by atoms with van der Waals surface area (Å²) in [4.78, 5) is 16.3. The van der Waals surface area contributed by atoms with Gasteiger partial charge in [0.1, 0.15) is 5.02 Å². The first kappa shape index (κ1) is 18.0. The summed E-state index contributed by atoms with van der Waals surface area (Å²) in [6.45, 7) is 5.08. The summed E-state index contributed by atoms with van der Waals surface area (Å²) < 4.78 is 5.53. The lowest BCUT2D eigenvalue weighted by molar-refractivity contribution is -0.126. The summed E-state index contributed by atoms with van der Waals surface area (Å²) in [6, 6.07) is 1.77. The van der Waals surface area contributed by atoms with Crippen molar-refractivity contribution in [3.05, 3.63) is 22.8 Å². The Balaban J connectivity index is 1.83. The molecule has 0 unspecified atom stereocenters. The molecular formula is C17H25ClN2O3. The molecule has 1 aliphatic carbocycles. The van der Waals surface area contributed by atoms with E-state index in [9.17, 15) is 9.90 Å². The van der Waals surface area contributed by atoms with Crippen LogP contribution in [0.15, 0.2) is 12.3 Å². The van der Waals surface area contributed by atoms with E-state index in [0.29, 0.717) is 42.8 Å². The van der Waals surface area contributed by atoms with Gasteiger partial charge < -0.3 is 15.2 Å². The number of carbonyl (C=O) groups is 1. The van der Waals surface area contributed by atoms with Gasteiger partial charge in [-0.1, -0.05) is 25.4 Å². The summed E-state index contributed by atoms with van der Waals surface area (Å²) in [5.41, 5.74) is 0.844. The third-order valence-corrected chi connectivity index (χ3v) is 4.22. The van der Waals surface area contributed by atoms with E-state index in [0.717, 1.165) is 18.4 Å². The SMILES string of the molecule is CC(C)COc1ncc(CNC(=O)C2CCC(O)CC2)cc1Cl. The zero-order valence-corrected chi connectivity index (χ0v) is 14.5. The number of carbonyl (C=O) groups excluding carboxylic acids is 1. The molecule has 2 N–H and O–H groups in total. The molecule has 1 saturated carbocycles. The van der Waals surface area contributed by atoms with Crippen molar-refractivity contribution in [1.29, 1.82) is 0 Å². The number of nitrogens with zero attached hydrogens (tertiary/aromatic N) is 1. The summed E-state index contributed by atoms with van der Waals surface area (Å²) in [6.07, 6.45) is 4.32. The summed E-state index contributed by atoms with van der Waals surface area (Å²) in [5.74, 6) is 0.862. The Hall–Kier alpha value is -1.33. The van der Waals surface area contributed by atoms with Crippen molar-refractivity contribution in [2.24, 2.45) is 11.8 Å². The van der Waals surface area contributed by atoms with Crippen LogP contribution in [-0.2, 0) is 11.3 Å². The quantitative estimate of drug-likeness (QED) is 0.835. The summed E-state index contributed by atoms with van der Waals surface area (Å²) in [5, 5.41) is 12.9. The molecule has 1 heterocycles. The number of amides is 1. The van der Waals surface area contributed by atoms with Crippen LogP contribution in [0.2, 0.25) is 5.02 Å². The lowest BCUT2D eigenvalue weighted by Gasteiger charge is -2.24. The molecule has 23 heavy (non-hydrogen) atoms. The van der Waals surface area contributed by atoms with Gasteiger partial charge in [0.15, 0.2) is 0 Å². The molecule has 1 aromatic heterocycles. The molecule has 0 radical (unpaired) electrons. The number of aliphatic hydroxyl groups is 1. The molecule has 1 aliphatic rings. The van der Waals surface area contributed by atoms with Gasteiger partial charge in [0.05, 0.1) is 12.7 Å². The minimum absolute atomic E-state index is 0.00419. The predicted octanol–water partition coefficient (Wildman–Crippen LogP) is 2.94. The average Bonchev–Trinajstić information content (AvgIpc) is 2.52. The molecule has 0 aliphatic heterocycles. The maximum Gasteiger partial charge on any atom is 0.232 e. The molecule has 0 saturated heterocycles. The van der Waals surface area contributed by atoms with Gasteiger partial charge in [0, 0.05) is 18.7 Å². The molecule has 1 aromatic rings. The number of aliphatic hydroxyl groups excluding tert-OH is 1. The molecule has 1 fully saturated rings. The van der Waals surface area contributed by atoms with Crippen LogP contribution < -0.4 is 10.1 Å². The second-order valence-corrected chi connectivity index (χ2v) is 6.97. The van der Waals surface area contributed by atoms with Gasteiger partial charge in [-0.15, -0.1) is 0 Å². The van der Waals surface area contributed by atoms with E-state index >= 15 is 0 Å². The van der Waals surface area contributed by atoms with Crippen LogP contribution in [-0.4, -0.2) is 28.7 Å². The number of ether oxygens (including phenoxy) is 1. The van der Waals surface area contributed by atoms with Gasteiger partial charge >= 0.3 is 0 Å². The first-order valence-electron chi connectivity index (χ1n) is 8.18. The van der Waals surface area contributed by atoms with Crippen LogP contribution in [0.3, 0.4) is 0 Å². The van der Waals surface area contributed by atoms with E-state index in [2.05, 4.69) is 24.1 Å². The van der Waals surface area contributed by atoms with Crippen molar-refractivity contribution < 1.29 is 14.6 Å². The average molecular weight is 341 g/mol. The van der Waals surface area contributed by atoms with Crippen LogP contribution in [0.4, 0.5) is 0 Å². The number of nitrogens with one attached hydrogen (secondary N) is 1. The number of aromatic nitrogens is 1. The second-order valence-electron chi connectivity index (χ2n) is 6.56. The number of pyridine rings is 1. The van der Waals surface area contributed by atoms with Crippen molar-refractivity contribution >= 4 is 17.5 Å². The molecule has 0 bridgehead atoms. The second kappa shape index (κ2) is 8.50. The molecule has 0 spiro atoms. The van der Waals surface area contributed by atoms with E-state index in [1.165, 1.54) is 0 Å². The Bertz CT molecular complexity index is 529. The summed E-state index contributed by atoms with van der Waals surface area (Å²) >= 11 is 6.16. The molecule has 0 aromatic carbocycles. The molecule has 2 rings (SSSR count). The highest BCUT2D eigenvalue weighted by Crippen LogP contribution is 2.25. The Kier molecular flexibility index (Phi) is 6.66. The highest BCUT2D eigenvalue weighted by molar-refractivity contribution is 6.31. The fourth-order valence-corrected chi connectivity index (χ4v) is 2.83. The lowest BCUT2D eigenvalue weighted by Crippen LogP contribution is -2.33. The van der Waals surface area contributed by atoms with Crippen LogP contribution in [0.25, 0.3) is 0 Å². The zero-order chi connectivity index (χ0) is 16.8. The Labute approximate surface area is 142 Å². The first-order valence-corrected chi connectivity index (χ1v) is 8.56. The van der Waals surface area contributed by atoms with Gasteiger partial charge in [-0.3, -0.25) is 4.79 Å². The molecule has 5 nitrogen and oxygen atoms in total. The zero-order valence-electron chi connectivity index (χ0n) is 13.7. The number of hydrogen-bond donors (Lipinski definition) is 2. The standard InChI is InChI=1S/C17H25ClN2O3/c1-11(2)10-23-17-15(18)7-12(9-20-17)8-19-16(22)13-3-5-14(21)6-4-13/h7,9,11,13-14,21H,3-6,8,10H2,1-2H3,(H,19,22). The largest absolute Gasteiger partial charge is 0.476 e. The van der Waals surface area contributed by atoms with Crippen LogP contribution in [0.5, 0.6) is 5.88 Å². The minimum atomic E-state index is -0.250. The lowest BCUT2D eigenvalue weighted by atomic mass is 9.87. The number of rotatable bonds is 6. The van der Waals surface area contributed by atoms with Crippen molar-refractivity contribution in [2.75, 3.05) is 6.61 Å². The maximum absolute atomic E-state index is 12.1. The van der Waals surface area contributed by atoms with Gasteiger partial charge in [0.25, 0.3) is 0 Å². The monoisotopic (exact) mass is 340 g/mol. The van der Waals surface area contributed by atoms with Crippen LogP contribution in [0, 0.1) is 11.8 Å². The summed E-state index contributed by atoms with van der Waals surface area (Å²) in [7, 11) is 0. The first-order chi connectivity index (χ1) is 11.0. The van der Waals surface area contributed by atoms with Crippen molar-refractivity contribution in [3.63, 3.8) is 0 Å². The van der Waals surface area contributed by atoms with Crippen molar-refractivity contribution in [3.8, 4) is 5.88 Å². The van der Waals surface area contributed by atoms with E-state index in [-0.39, 0.29) is 17.9 Å². The van der Waals surface area contributed by atoms with E-state index in [1.54, 1.807) is 12.3 Å². The van der Waals surface area contributed by atoms with Gasteiger partial charge in [-0.05, 0) is 43.2 Å². The third-order valence-electron chi connectivity index (χ3n) is 3.95. The number of halogens is 1. The maximum atomic E-state index is 12.1. The van der Waals surface area contributed by atoms with Gasteiger partial charge in [-0.25, -0.2) is 4.98 Å². The van der Waals surface area contributed by atoms with Crippen LogP contribution >= 0.6 is 11.6 Å². The van der Waals surface area contributed by atoms with Crippen LogP contribution in [0.1, 0.15) is 45.1 Å². The number of hydrogen-bond acceptors (Lipinski definition) is 4. The van der Waals surface area contributed by atoms with E-state index < -0.39 is 0 Å². The molecule has 6 heteroatoms. The molecule has 0 atom stereocenters. The fraction of sp³-hybridized carbons (Fsp3) is 0.647. The molecule has 1 amide bonds. The van der Waals surface area contributed by atoms with E-state index in [1.807, 2.05) is 0 Å². The predicted molar refractivity (Wildman–Crippen MR) is 89.4 cm³/mol. The van der Waals surface area contributed by atoms with Crippen molar-refractivity contribution in [1.82, 2.24) is 10.3 Å². The van der Waals surface area contributed by atoms with Crippen molar-refractivity contribution in [2.45, 2.75) is 52.2 Å². The minimum Gasteiger partial charge on any atom is -0.476 e. The highest BCUT2D eigenvalue weighted by atomic mass is 35.5. The Morgan fingerprint density at radius 1 is 1.43 bits per heavy atom. The molecule has 128 valence electrons. The third kappa shape index (κ3) is 5.66. The Morgan fingerprint density at radius 2 is 2.13 bits per heavy atom. The van der Waals surface area contributed by atoms with Gasteiger partial charge in [0.2, 0.25) is 11.8 Å². The topological polar surface area (TPSA) is 71.5 Å². The smallest absolute Gasteiger partial charge is 0.232 e.